The number of rotatable bonds is 8. The van der Waals surface area contributed by atoms with Crippen molar-refractivity contribution >= 4 is 45.5 Å². The Morgan fingerprint density at radius 1 is 1.24 bits per heavy atom. The summed E-state index contributed by atoms with van der Waals surface area (Å²) >= 11 is 1.49. The monoisotopic (exact) mass is 410 g/mol. The van der Waals surface area contributed by atoms with Crippen LogP contribution >= 0.6 is 11.8 Å². The first-order valence-corrected chi connectivity index (χ1v) is 10.7. The first-order valence-electron chi connectivity index (χ1n) is 9.47. The molecule has 0 aliphatic heterocycles. The van der Waals surface area contributed by atoms with E-state index in [4.69, 9.17) is 4.42 Å². The second-order valence-electron chi connectivity index (χ2n) is 6.50. The number of carbonyl (C=O) groups is 1. The van der Waals surface area contributed by atoms with Crippen LogP contribution in [0.25, 0.3) is 22.0 Å². The molecule has 0 unspecified atom stereocenters. The minimum Gasteiger partial charge on any atom is -0.451 e. The van der Waals surface area contributed by atoms with E-state index in [1.54, 1.807) is 16.9 Å². The molecule has 2 N–H and O–H groups in total. The third-order valence-electron chi connectivity index (χ3n) is 4.46. The molecule has 29 heavy (non-hydrogen) atoms. The van der Waals surface area contributed by atoms with Gasteiger partial charge in [-0.3, -0.25) is 4.79 Å². The number of benzene rings is 1. The molecule has 4 aromatic rings. The Morgan fingerprint density at radius 3 is 2.90 bits per heavy atom. The van der Waals surface area contributed by atoms with E-state index in [1.807, 2.05) is 30.5 Å². The molecule has 150 valence electrons. The van der Waals surface area contributed by atoms with Gasteiger partial charge in [0.2, 0.25) is 0 Å². The summed E-state index contributed by atoms with van der Waals surface area (Å²) in [6.45, 7) is 3.84. The highest BCUT2D eigenvalue weighted by atomic mass is 32.2. The van der Waals surface area contributed by atoms with Crippen molar-refractivity contribution < 1.29 is 9.21 Å². The first-order chi connectivity index (χ1) is 14.2. The summed E-state index contributed by atoms with van der Waals surface area (Å²) in [5.41, 5.74) is 1.45. The summed E-state index contributed by atoms with van der Waals surface area (Å²) in [5, 5.41) is 13.1. The van der Waals surface area contributed by atoms with Gasteiger partial charge in [-0.05, 0) is 24.8 Å². The van der Waals surface area contributed by atoms with Crippen LogP contribution in [0, 0.1) is 0 Å². The Kier molecular flexibility index (Phi) is 5.66. The number of thioether (sulfide) groups is 1. The fraction of sp³-hybridized carbons (Fsp3) is 0.300. The zero-order valence-electron chi connectivity index (χ0n) is 16.3. The van der Waals surface area contributed by atoms with Crippen LogP contribution in [0.3, 0.4) is 0 Å². The third-order valence-corrected chi connectivity index (χ3v) is 5.01. The molecule has 8 nitrogen and oxygen atoms in total. The number of nitrogens with one attached hydrogen (secondary N) is 2. The number of anilines is 1. The van der Waals surface area contributed by atoms with Crippen LogP contribution in [0.5, 0.6) is 0 Å². The first kappa shape index (κ1) is 19.3. The van der Waals surface area contributed by atoms with Crippen LogP contribution in [0.2, 0.25) is 0 Å². The van der Waals surface area contributed by atoms with Crippen molar-refractivity contribution in [2.45, 2.75) is 25.0 Å². The molecule has 3 heterocycles. The molecule has 1 amide bonds. The Balaban J connectivity index is 1.47. The Hall–Kier alpha value is -3.07. The van der Waals surface area contributed by atoms with Gasteiger partial charge < -0.3 is 15.1 Å². The average molecular weight is 411 g/mol. The van der Waals surface area contributed by atoms with Crippen molar-refractivity contribution in [1.29, 1.82) is 0 Å². The maximum absolute atomic E-state index is 12.4. The van der Waals surface area contributed by atoms with E-state index in [-0.39, 0.29) is 5.91 Å². The highest BCUT2D eigenvalue weighted by Crippen LogP contribution is 2.23. The predicted molar refractivity (Wildman–Crippen MR) is 114 cm³/mol. The molecule has 9 heteroatoms. The molecule has 0 radical (unpaired) electrons. The zero-order chi connectivity index (χ0) is 20.2. The number of amides is 1. The molecule has 0 atom stereocenters. The van der Waals surface area contributed by atoms with E-state index in [9.17, 15) is 4.79 Å². The van der Waals surface area contributed by atoms with E-state index >= 15 is 0 Å². The van der Waals surface area contributed by atoms with Gasteiger partial charge in [0.1, 0.15) is 11.4 Å². The van der Waals surface area contributed by atoms with Gasteiger partial charge in [0.05, 0.1) is 18.1 Å². The SMILES string of the molecule is CCCNc1nc(SC)nc2c1cnn2CCNC(=O)c1cc2ccccc2o1. The lowest BCUT2D eigenvalue weighted by Crippen LogP contribution is -2.27. The van der Waals surface area contributed by atoms with Crippen molar-refractivity contribution in [3.05, 3.63) is 42.3 Å². The summed E-state index contributed by atoms with van der Waals surface area (Å²) in [6, 6.07) is 9.30. The standard InChI is InChI=1S/C20H22N6O2S/c1-3-8-21-17-14-12-23-26(18(14)25-20(24-17)29-2)10-9-22-19(27)16-11-13-6-4-5-7-15(13)28-16/h4-7,11-12H,3,8-10H2,1-2H3,(H,22,27)(H,21,24,25). The second kappa shape index (κ2) is 8.52. The van der Waals surface area contributed by atoms with Gasteiger partial charge in [0.25, 0.3) is 5.91 Å². The molecule has 0 saturated carbocycles. The largest absolute Gasteiger partial charge is 0.451 e. The number of para-hydroxylation sites is 1. The smallest absolute Gasteiger partial charge is 0.287 e. The Bertz CT molecular complexity index is 1120. The number of fused-ring (bicyclic) bond motifs is 2. The van der Waals surface area contributed by atoms with Crippen LogP contribution in [-0.4, -0.2) is 45.0 Å². The van der Waals surface area contributed by atoms with E-state index < -0.39 is 0 Å². The molecule has 1 aromatic carbocycles. The van der Waals surface area contributed by atoms with Gasteiger partial charge in [0.15, 0.2) is 16.6 Å². The van der Waals surface area contributed by atoms with Gasteiger partial charge in [-0.25, -0.2) is 14.6 Å². The van der Waals surface area contributed by atoms with Gasteiger partial charge in [-0.2, -0.15) is 5.10 Å². The molecule has 0 spiro atoms. The zero-order valence-corrected chi connectivity index (χ0v) is 17.1. The maximum atomic E-state index is 12.4. The van der Waals surface area contributed by atoms with Gasteiger partial charge >= 0.3 is 0 Å². The molecule has 4 rings (SSSR count). The van der Waals surface area contributed by atoms with Gasteiger partial charge in [-0.15, -0.1) is 0 Å². The average Bonchev–Trinajstić information content (AvgIpc) is 3.36. The lowest BCUT2D eigenvalue weighted by atomic mass is 10.2. The van der Waals surface area contributed by atoms with E-state index in [0.717, 1.165) is 35.2 Å². The van der Waals surface area contributed by atoms with E-state index in [2.05, 4.69) is 32.6 Å². The molecule has 0 saturated heterocycles. The summed E-state index contributed by atoms with van der Waals surface area (Å²) in [6.07, 6.45) is 4.71. The fourth-order valence-electron chi connectivity index (χ4n) is 3.02. The molecule has 0 aliphatic rings. The molecule has 0 aliphatic carbocycles. The molecular formula is C20H22N6O2S. The van der Waals surface area contributed by atoms with Crippen molar-refractivity contribution in [3.8, 4) is 0 Å². The second-order valence-corrected chi connectivity index (χ2v) is 7.27. The fourth-order valence-corrected chi connectivity index (χ4v) is 3.38. The number of carbonyl (C=O) groups excluding carboxylic acids is 1. The summed E-state index contributed by atoms with van der Waals surface area (Å²) in [4.78, 5) is 21.5. The quantitative estimate of drug-likeness (QED) is 0.339. The maximum Gasteiger partial charge on any atom is 0.287 e. The molecule has 3 aromatic heterocycles. The molecule has 0 fully saturated rings. The van der Waals surface area contributed by atoms with E-state index in [0.29, 0.717) is 29.6 Å². The predicted octanol–water partition coefficient (Wildman–Crippen LogP) is 3.55. The van der Waals surface area contributed by atoms with Crippen LogP contribution in [-0.2, 0) is 6.54 Å². The minimum atomic E-state index is -0.248. The molecule has 0 bridgehead atoms. The molecular weight excluding hydrogens is 388 g/mol. The van der Waals surface area contributed by atoms with Crippen LogP contribution < -0.4 is 10.6 Å². The van der Waals surface area contributed by atoms with Crippen LogP contribution in [0.15, 0.2) is 46.1 Å². The highest BCUT2D eigenvalue weighted by Gasteiger charge is 2.14. The van der Waals surface area contributed by atoms with Crippen molar-refractivity contribution in [2.75, 3.05) is 24.7 Å². The number of nitrogens with zero attached hydrogens (tertiary/aromatic N) is 4. The van der Waals surface area contributed by atoms with Gasteiger partial charge in [0, 0.05) is 18.5 Å². The number of furan rings is 1. The summed E-state index contributed by atoms with van der Waals surface area (Å²) in [7, 11) is 0. The van der Waals surface area contributed by atoms with Gasteiger partial charge in [-0.1, -0.05) is 36.9 Å². The van der Waals surface area contributed by atoms with Crippen LogP contribution in [0.1, 0.15) is 23.9 Å². The topological polar surface area (TPSA) is 97.9 Å². The lowest BCUT2D eigenvalue weighted by Gasteiger charge is -2.08. The van der Waals surface area contributed by atoms with E-state index in [1.165, 1.54) is 11.8 Å². The van der Waals surface area contributed by atoms with Crippen molar-refractivity contribution in [3.63, 3.8) is 0 Å². The highest BCUT2D eigenvalue weighted by molar-refractivity contribution is 7.98. The number of hydrogen-bond donors (Lipinski definition) is 2. The lowest BCUT2D eigenvalue weighted by molar-refractivity contribution is 0.0926. The Labute approximate surface area is 172 Å². The number of hydrogen-bond acceptors (Lipinski definition) is 7. The van der Waals surface area contributed by atoms with Crippen LogP contribution in [0.4, 0.5) is 5.82 Å². The normalized spacial score (nSPS) is 11.2. The van der Waals surface area contributed by atoms with Crippen molar-refractivity contribution in [1.82, 2.24) is 25.1 Å². The summed E-state index contributed by atoms with van der Waals surface area (Å²) < 4.78 is 7.39. The minimum absolute atomic E-state index is 0.248. The third kappa shape index (κ3) is 4.04. The number of aromatic nitrogens is 4. The van der Waals surface area contributed by atoms with Crippen molar-refractivity contribution in [2.24, 2.45) is 0 Å². The summed E-state index contributed by atoms with van der Waals surface area (Å²) in [5.74, 6) is 0.843. The Morgan fingerprint density at radius 2 is 2.10 bits per heavy atom.